The second kappa shape index (κ2) is 7.86. The van der Waals surface area contributed by atoms with Crippen molar-refractivity contribution in [2.45, 2.75) is 24.9 Å². The molecule has 3 aliphatic heterocycles. The van der Waals surface area contributed by atoms with Crippen LogP contribution in [0.15, 0.2) is 30.3 Å². The Morgan fingerprint density at radius 2 is 2.21 bits per heavy atom. The molecule has 9 heteroatoms. The molecule has 1 unspecified atom stereocenters. The summed E-state index contributed by atoms with van der Waals surface area (Å²) >= 11 is 1.34. The molecular weight excluding hydrogens is 438 g/mol. The average Bonchev–Trinajstić information content (AvgIpc) is 3.13. The molecule has 3 aliphatic rings. The maximum absolute atomic E-state index is 13.0. The molecule has 2 saturated heterocycles. The number of rotatable bonds is 3. The van der Waals surface area contributed by atoms with Gasteiger partial charge in [-0.05, 0) is 37.1 Å². The Bertz CT molecular complexity index is 1240. The number of carbonyl (C=O) groups excluding carboxylic acids is 1. The van der Waals surface area contributed by atoms with Gasteiger partial charge in [0.05, 0.1) is 30.5 Å². The van der Waals surface area contributed by atoms with Gasteiger partial charge in [0.1, 0.15) is 22.1 Å². The zero-order valence-corrected chi connectivity index (χ0v) is 19.3. The number of aryl methyl sites for hydroxylation is 1. The van der Waals surface area contributed by atoms with Gasteiger partial charge in [-0.25, -0.2) is 4.98 Å². The number of piperazine rings is 1. The topological polar surface area (TPSA) is 102 Å². The van der Waals surface area contributed by atoms with Crippen LogP contribution >= 0.6 is 11.3 Å². The highest BCUT2D eigenvalue weighted by molar-refractivity contribution is 7.21. The molecule has 2 fully saturated rings. The highest BCUT2D eigenvalue weighted by Crippen LogP contribution is 2.34. The standard InChI is InChI=1S/C24H27N5O3S/c1-14-2-5-18-20(25)21(33-23(18)27-14)22(30)28-16-8-15-3-4-17(9-19(15)32-10-16)29-7-6-26-24(11-29)12-31-13-24/h2-5,9,16,26H,6-8,10-13,25H2,1H3,(H,28,30). The predicted octanol–water partition coefficient (Wildman–Crippen LogP) is 2.10. The van der Waals surface area contributed by atoms with Gasteiger partial charge in [-0.2, -0.15) is 0 Å². The number of thiophene rings is 1. The molecular formula is C24H27N5O3S. The van der Waals surface area contributed by atoms with Crippen LogP contribution in [-0.4, -0.2) is 61.9 Å². The van der Waals surface area contributed by atoms with Crippen LogP contribution in [0, 0.1) is 6.92 Å². The maximum atomic E-state index is 13.0. The lowest BCUT2D eigenvalue weighted by Gasteiger charge is -2.49. The zero-order valence-electron chi connectivity index (χ0n) is 18.5. The Morgan fingerprint density at radius 1 is 1.33 bits per heavy atom. The first-order chi connectivity index (χ1) is 16.0. The second-order valence-corrected chi connectivity index (χ2v) is 10.2. The molecule has 0 bridgehead atoms. The number of pyridine rings is 1. The maximum Gasteiger partial charge on any atom is 0.263 e. The molecule has 4 N–H and O–H groups in total. The summed E-state index contributed by atoms with van der Waals surface area (Å²) < 4.78 is 11.5. The van der Waals surface area contributed by atoms with Gasteiger partial charge in [-0.15, -0.1) is 11.3 Å². The number of amides is 1. The van der Waals surface area contributed by atoms with Crippen molar-refractivity contribution < 1.29 is 14.3 Å². The van der Waals surface area contributed by atoms with Crippen LogP contribution in [0.3, 0.4) is 0 Å². The fourth-order valence-corrected chi connectivity index (χ4v) is 5.92. The SMILES string of the molecule is Cc1ccc2c(N)c(C(=O)NC3COc4cc(N5CCNC6(COC6)C5)ccc4C3)sc2n1. The van der Waals surface area contributed by atoms with Crippen molar-refractivity contribution in [1.29, 1.82) is 0 Å². The quantitative estimate of drug-likeness (QED) is 0.545. The molecule has 8 nitrogen and oxygen atoms in total. The Labute approximate surface area is 196 Å². The first kappa shape index (κ1) is 20.7. The van der Waals surface area contributed by atoms with E-state index in [1.807, 2.05) is 19.1 Å². The Morgan fingerprint density at radius 3 is 3.03 bits per heavy atom. The van der Waals surface area contributed by atoms with Gasteiger partial charge < -0.3 is 30.7 Å². The molecule has 0 radical (unpaired) electrons. The van der Waals surface area contributed by atoms with E-state index in [2.05, 4.69) is 38.7 Å². The minimum Gasteiger partial charge on any atom is -0.491 e. The number of hydrogen-bond acceptors (Lipinski definition) is 8. The van der Waals surface area contributed by atoms with E-state index in [-0.39, 0.29) is 17.5 Å². The molecule has 2 aromatic heterocycles. The molecule has 1 spiro atoms. The molecule has 0 saturated carbocycles. The Kier molecular flexibility index (Phi) is 4.93. The minimum atomic E-state index is -0.171. The molecule has 33 heavy (non-hydrogen) atoms. The minimum absolute atomic E-state index is 0.0903. The number of aromatic nitrogens is 1. The summed E-state index contributed by atoms with van der Waals surface area (Å²) in [5, 5.41) is 7.53. The van der Waals surface area contributed by atoms with Crippen LogP contribution in [0.25, 0.3) is 10.2 Å². The Balaban J connectivity index is 1.15. The number of hydrogen-bond donors (Lipinski definition) is 3. The number of anilines is 2. The second-order valence-electron chi connectivity index (χ2n) is 9.25. The Hall–Kier alpha value is -2.88. The van der Waals surface area contributed by atoms with Crippen molar-refractivity contribution in [2.75, 3.05) is 50.1 Å². The molecule has 3 aromatic rings. The van der Waals surface area contributed by atoms with Crippen LogP contribution in [0.5, 0.6) is 5.75 Å². The largest absolute Gasteiger partial charge is 0.491 e. The highest BCUT2D eigenvalue weighted by atomic mass is 32.1. The van der Waals surface area contributed by atoms with E-state index in [9.17, 15) is 4.79 Å². The van der Waals surface area contributed by atoms with Gasteiger partial charge in [0.15, 0.2) is 0 Å². The van der Waals surface area contributed by atoms with Crippen molar-refractivity contribution in [3.63, 3.8) is 0 Å². The fraction of sp³-hybridized carbons (Fsp3) is 0.417. The van der Waals surface area contributed by atoms with E-state index < -0.39 is 0 Å². The third-order valence-corrected chi connectivity index (χ3v) is 7.84. The number of benzene rings is 1. The summed E-state index contributed by atoms with van der Waals surface area (Å²) in [6, 6.07) is 10.1. The molecule has 0 aliphatic carbocycles. The first-order valence-electron chi connectivity index (χ1n) is 11.3. The number of fused-ring (bicyclic) bond motifs is 2. The monoisotopic (exact) mass is 465 g/mol. The van der Waals surface area contributed by atoms with Crippen molar-refractivity contribution >= 4 is 38.8 Å². The van der Waals surface area contributed by atoms with E-state index in [0.29, 0.717) is 17.2 Å². The summed E-state index contributed by atoms with van der Waals surface area (Å²) in [4.78, 5) is 21.2. The van der Waals surface area contributed by atoms with Crippen molar-refractivity contribution in [3.05, 3.63) is 46.5 Å². The molecule has 1 aromatic carbocycles. The third-order valence-electron chi connectivity index (χ3n) is 6.73. The van der Waals surface area contributed by atoms with Crippen LogP contribution in [0.4, 0.5) is 11.4 Å². The lowest BCUT2D eigenvalue weighted by molar-refractivity contribution is -0.0742. The highest BCUT2D eigenvalue weighted by Gasteiger charge is 2.42. The average molecular weight is 466 g/mol. The summed E-state index contributed by atoms with van der Waals surface area (Å²) in [6.45, 7) is 6.76. The lowest BCUT2D eigenvalue weighted by Crippen LogP contribution is -2.70. The summed E-state index contributed by atoms with van der Waals surface area (Å²) in [5.41, 5.74) is 10.0. The van der Waals surface area contributed by atoms with E-state index in [0.717, 1.165) is 66.5 Å². The molecule has 1 atom stereocenters. The van der Waals surface area contributed by atoms with Gasteiger partial charge in [-0.1, -0.05) is 6.07 Å². The lowest BCUT2D eigenvalue weighted by atomic mass is 9.93. The van der Waals surface area contributed by atoms with Gasteiger partial charge in [0.25, 0.3) is 5.91 Å². The number of ether oxygens (including phenoxy) is 2. The van der Waals surface area contributed by atoms with E-state index in [1.54, 1.807) is 0 Å². The van der Waals surface area contributed by atoms with E-state index >= 15 is 0 Å². The van der Waals surface area contributed by atoms with Crippen molar-refractivity contribution in [3.8, 4) is 5.75 Å². The van der Waals surface area contributed by atoms with Crippen LogP contribution in [0.2, 0.25) is 0 Å². The summed E-state index contributed by atoms with van der Waals surface area (Å²) in [7, 11) is 0. The molecule has 5 heterocycles. The van der Waals surface area contributed by atoms with E-state index in [4.69, 9.17) is 15.2 Å². The van der Waals surface area contributed by atoms with Gasteiger partial charge >= 0.3 is 0 Å². The van der Waals surface area contributed by atoms with Gasteiger partial charge in [-0.3, -0.25) is 4.79 Å². The summed E-state index contributed by atoms with van der Waals surface area (Å²) in [6.07, 6.45) is 0.725. The van der Waals surface area contributed by atoms with E-state index in [1.165, 1.54) is 17.0 Å². The van der Waals surface area contributed by atoms with Crippen molar-refractivity contribution in [2.24, 2.45) is 0 Å². The molecule has 1 amide bonds. The third kappa shape index (κ3) is 3.70. The molecule has 172 valence electrons. The van der Waals surface area contributed by atoms with Crippen molar-refractivity contribution in [1.82, 2.24) is 15.6 Å². The fourth-order valence-electron chi connectivity index (χ4n) is 4.88. The summed E-state index contributed by atoms with van der Waals surface area (Å²) in [5.74, 6) is 0.729. The number of nitrogens with zero attached hydrogens (tertiary/aromatic N) is 2. The number of nitrogens with two attached hydrogens (primary N) is 1. The van der Waals surface area contributed by atoms with Crippen LogP contribution in [-0.2, 0) is 11.2 Å². The predicted molar refractivity (Wildman–Crippen MR) is 129 cm³/mol. The first-order valence-corrected chi connectivity index (χ1v) is 12.1. The number of carbonyl (C=O) groups is 1. The zero-order chi connectivity index (χ0) is 22.6. The number of nitrogen functional groups attached to an aromatic ring is 1. The molecule has 6 rings (SSSR count). The van der Waals surface area contributed by atoms with Gasteiger partial charge in [0.2, 0.25) is 0 Å². The smallest absolute Gasteiger partial charge is 0.263 e. The normalized spacial score (nSPS) is 21.4. The van der Waals surface area contributed by atoms with Crippen LogP contribution in [0.1, 0.15) is 20.9 Å². The van der Waals surface area contributed by atoms with Gasteiger partial charge in [0, 0.05) is 42.5 Å². The van der Waals surface area contributed by atoms with Crippen LogP contribution < -0.4 is 26.0 Å². The number of nitrogens with one attached hydrogen (secondary N) is 2.